The Kier molecular flexibility index (Phi) is 4.43. The van der Waals surface area contributed by atoms with Crippen LogP contribution in [0, 0.1) is 5.82 Å². The third kappa shape index (κ3) is 3.33. The lowest BCUT2D eigenvalue weighted by Crippen LogP contribution is -2.42. The molecular weight excluding hydrogens is 333 g/mol. The van der Waals surface area contributed by atoms with Gasteiger partial charge >= 0.3 is 0 Å². The van der Waals surface area contributed by atoms with Gasteiger partial charge in [0.05, 0.1) is 5.52 Å². The summed E-state index contributed by atoms with van der Waals surface area (Å²) in [5.74, 6) is 0.349. The third-order valence-electron chi connectivity index (χ3n) is 4.65. The molecule has 1 aromatic carbocycles. The summed E-state index contributed by atoms with van der Waals surface area (Å²) in [6.07, 6.45) is 6.34. The Bertz CT molecular complexity index is 926. The molecule has 0 radical (unpaired) electrons. The van der Waals surface area contributed by atoms with E-state index in [4.69, 9.17) is 0 Å². The number of fused-ring (bicyclic) bond motifs is 1. The number of amides is 1. The third-order valence-corrected chi connectivity index (χ3v) is 4.65. The van der Waals surface area contributed by atoms with Crippen LogP contribution in [0.5, 0.6) is 0 Å². The Labute approximate surface area is 150 Å². The van der Waals surface area contributed by atoms with Crippen molar-refractivity contribution < 1.29 is 9.18 Å². The number of aromatic nitrogens is 3. The smallest absolute Gasteiger partial charge is 0.253 e. The normalized spacial score (nSPS) is 15.2. The zero-order valence-electron chi connectivity index (χ0n) is 14.1. The molecule has 0 unspecified atom stereocenters. The van der Waals surface area contributed by atoms with Gasteiger partial charge in [-0.1, -0.05) is 0 Å². The summed E-state index contributed by atoms with van der Waals surface area (Å²) >= 11 is 0. The predicted octanol–water partition coefficient (Wildman–Crippen LogP) is 2.88. The monoisotopic (exact) mass is 351 g/mol. The fraction of sp³-hybridized carbons (Fsp3) is 0.263. The fourth-order valence-corrected chi connectivity index (χ4v) is 3.24. The Morgan fingerprint density at radius 3 is 2.65 bits per heavy atom. The predicted molar refractivity (Wildman–Crippen MR) is 96.3 cm³/mol. The summed E-state index contributed by atoms with van der Waals surface area (Å²) in [7, 11) is 0. The van der Waals surface area contributed by atoms with E-state index in [1.807, 2.05) is 4.90 Å². The second-order valence-electron chi connectivity index (χ2n) is 6.33. The van der Waals surface area contributed by atoms with Crippen molar-refractivity contribution in [3.8, 4) is 0 Å². The van der Waals surface area contributed by atoms with E-state index in [9.17, 15) is 9.18 Å². The summed E-state index contributed by atoms with van der Waals surface area (Å²) in [4.78, 5) is 26.7. The largest absolute Gasteiger partial charge is 0.367 e. The molecule has 0 atom stereocenters. The van der Waals surface area contributed by atoms with E-state index >= 15 is 0 Å². The van der Waals surface area contributed by atoms with Crippen molar-refractivity contribution in [1.29, 1.82) is 0 Å². The van der Waals surface area contributed by atoms with Crippen LogP contribution in [0.4, 0.5) is 10.2 Å². The highest BCUT2D eigenvalue weighted by Gasteiger charge is 2.24. The van der Waals surface area contributed by atoms with Gasteiger partial charge in [0, 0.05) is 42.5 Å². The van der Waals surface area contributed by atoms with Crippen LogP contribution in [-0.2, 0) is 0 Å². The minimum atomic E-state index is -0.312. The number of pyridine rings is 1. The van der Waals surface area contributed by atoms with Crippen LogP contribution < -0.4 is 5.32 Å². The molecule has 1 N–H and O–H groups in total. The van der Waals surface area contributed by atoms with E-state index in [0.717, 1.165) is 12.8 Å². The van der Waals surface area contributed by atoms with Crippen molar-refractivity contribution in [2.45, 2.75) is 18.9 Å². The number of anilines is 1. The van der Waals surface area contributed by atoms with Crippen molar-refractivity contribution in [2.75, 3.05) is 18.4 Å². The van der Waals surface area contributed by atoms with Gasteiger partial charge in [0.15, 0.2) is 0 Å². The lowest BCUT2D eigenvalue weighted by molar-refractivity contribution is 0.0718. The van der Waals surface area contributed by atoms with E-state index < -0.39 is 0 Å². The molecule has 1 fully saturated rings. The minimum absolute atomic E-state index is 0.0282. The van der Waals surface area contributed by atoms with Crippen LogP contribution in [-0.4, -0.2) is 44.9 Å². The first-order valence-electron chi connectivity index (χ1n) is 8.57. The van der Waals surface area contributed by atoms with Gasteiger partial charge < -0.3 is 10.2 Å². The van der Waals surface area contributed by atoms with Gasteiger partial charge in [-0.05, 0) is 43.2 Å². The number of carbonyl (C=O) groups is 1. The second-order valence-corrected chi connectivity index (χ2v) is 6.33. The Morgan fingerprint density at radius 2 is 1.88 bits per heavy atom. The maximum atomic E-state index is 13.6. The molecule has 0 aliphatic carbocycles. The molecule has 6 nitrogen and oxygen atoms in total. The topological polar surface area (TPSA) is 71.0 Å². The van der Waals surface area contributed by atoms with E-state index in [-0.39, 0.29) is 17.8 Å². The van der Waals surface area contributed by atoms with Gasteiger partial charge in [0.25, 0.3) is 5.91 Å². The van der Waals surface area contributed by atoms with E-state index in [1.54, 1.807) is 30.6 Å². The minimum Gasteiger partial charge on any atom is -0.367 e. The van der Waals surface area contributed by atoms with Gasteiger partial charge in [-0.15, -0.1) is 0 Å². The first kappa shape index (κ1) is 16.4. The molecule has 0 spiro atoms. The van der Waals surface area contributed by atoms with Crippen LogP contribution in [0.2, 0.25) is 0 Å². The first-order valence-corrected chi connectivity index (χ1v) is 8.57. The van der Waals surface area contributed by atoms with E-state index in [0.29, 0.717) is 35.4 Å². The summed E-state index contributed by atoms with van der Waals surface area (Å²) < 4.78 is 13.6. The van der Waals surface area contributed by atoms with Crippen molar-refractivity contribution in [3.05, 3.63) is 60.4 Å². The number of hydrogen-bond acceptors (Lipinski definition) is 5. The van der Waals surface area contributed by atoms with E-state index in [2.05, 4.69) is 20.3 Å². The molecule has 4 rings (SSSR count). The number of rotatable bonds is 3. The van der Waals surface area contributed by atoms with Crippen LogP contribution in [0.1, 0.15) is 23.2 Å². The number of nitrogens with one attached hydrogen (secondary N) is 1. The van der Waals surface area contributed by atoms with Crippen molar-refractivity contribution >= 4 is 22.6 Å². The fourth-order valence-electron chi connectivity index (χ4n) is 3.24. The number of hydrogen-bond donors (Lipinski definition) is 1. The molecule has 1 aliphatic rings. The highest BCUT2D eigenvalue weighted by atomic mass is 19.1. The van der Waals surface area contributed by atoms with Crippen LogP contribution >= 0.6 is 0 Å². The summed E-state index contributed by atoms with van der Waals surface area (Å²) in [6.45, 7) is 1.33. The summed E-state index contributed by atoms with van der Waals surface area (Å²) in [6, 6.07) is 8.12. The average molecular weight is 351 g/mol. The zero-order chi connectivity index (χ0) is 17.9. The number of piperidine rings is 1. The molecule has 26 heavy (non-hydrogen) atoms. The quantitative estimate of drug-likeness (QED) is 0.786. The average Bonchev–Trinajstić information content (AvgIpc) is 2.69. The molecule has 132 valence electrons. The number of benzene rings is 1. The number of likely N-dealkylation sites (tertiary alicyclic amines) is 1. The molecule has 1 amide bonds. The molecule has 1 aliphatic heterocycles. The molecule has 0 saturated carbocycles. The SMILES string of the molecule is O=C(c1ccncc1)N1CCC(Nc2ncnc3ccc(F)cc23)CC1. The van der Waals surface area contributed by atoms with Gasteiger partial charge in [0.1, 0.15) is 18.0 Å². The van der Waals surface area contributed by atoms with Crippen LogP contribution in [0.25, 0.3) is 10.9 Å². The maximum absolute atomic E-state index is 13.6. The molecule has 7 heteroatoms. The second kappa shape index (κ2) is 7.03. The highest BCUT2D eigenvalue weighted by Crippen LogP contribution is 2.23. The Morgan fingerprint density at radius 1 is 1.12 bits per heavy atom. The van der Waals surface area contributed by atoms with Crippen molar-refractivity contribution in [3.63, 3.8) is 0 Å². The molecule has 1 saturated heterocycles. The standard InChI is InChI=1S/C19H18FN5O/c20-14-1-2-17-16(11-14)18(23-12-22-17)24-15-5-9-25(10-6-15)19(26)13-3-7-21-8-4-13/h1-4,7-8,11-12,15H,5-6,9-10H2,(H,22,23,24). The van der Waals surface area contributed by atoms with Gasteiger partial charge in [-0.2, -0.15) is 0 Å². The van der Waals surface area contributed by atoms with Gasteiger partial charge in [-0.3, -0.25) is 9.78 Å². The number of carbonyl (C=O) groups excluding carboxylic acids is 1. The molecule has 0 bridgehead atoms. The highest BCUT2D eigenvalue weighted by molar-refractivity contribution is 5.94. The van der Waals surface area contributed by atoms with Crippen LogP contribution in [0.3, 0.4) is 0 Å². The van der Waals surface area contributed by atoms with E-state index in [1.165, 1.54) is 18.5 Å². The maximum Gasteiger partial charge on any atom is 0.253 e. The van der Waals surface area contributed by atoms with Crippen LogP contribution in [0.15, 0.2) is 49.1 Å². The van der Waals surface area contributed by atoms with Gasteiger partial charge in [-0.25, -0.2) is 14.4 Å². The molecule has 3 heterocycles. The molecular formula is C19H18FN5O. The molecule has 2 aromatic heterocycles. The number of halogens is 1. The van der Waals surface area contributed by atoms with Gasteiger partial charge in [0.2, 0.25) is 0 Å². The number of nitrogens with zero attached hydrogens (tertiary/aromatic N) is 4. The summed E-state index contributed by atoms with van der Waals surface area (Å²) in [5.41, 5.74) is 1.36. The Hall–Kier alpha value is -3.09. The zero-order valence-corrected chi connectivity index (χ0v) is 14.1. The first-order chi connectivity index (χ1) is 12.7. The van der Waals surface area contributed by atoms with Crippen molar-refractivity contribution in [1.82, 2.24) is 19.9 Å². The summed E-state index contributed by atoms with van der Waals surface area (Å²) in [5, 5.41) is 4.05. The Balaban J connectivity index is 1.43. The lowest BCUT2D eigenvalue weighted by atomic mass is 10.0. The van der Waals surface area contributed by atoms with Crippen molar-refractivity contribution in [2.24, 2.45) is 0 Å². The lowest BCUT2D eigenvalue weighted by Gasteiger charge is -2.32. The molecule has 3 aromatic rings.